The van der Waals surface area contributed by atoms with Gasteiger partial charge in [-0.1, -0.05) is 23.7 Å². The predicted octanol–water partition coefficient (Wildman–Crippen LogP) is 3.63. The van der Waals surface area contributed by atoms with Gasteiger partial charge in [-0.05, 0) is 49.4 Å². The maximum atomic E-state index is 6.16. The van der Waals surface area contributed by atoms with Crippen LogP contribution < -0.4 is 5.32 Å². The van der Waals surface area contributed by atoms with E-state index in [0.717, 1.165) is 30.6 Å². The van der Waals surface area contributed by atoms with Crippen molar-refractivity contribution in [1.82, 2.24) is 15.1 Å². The molecule has 1 heterocycles. The normalized spacial score (nSPS) is 16.1. The van der Waals surface area contributed by atoms with E-state index in [4.69, 9.17) is 11.6 Å². The first-order chi connectivity index (χ1) is 10.2. The van der Waals surface area contributed by atoms with Gasteiger partial charge in [-0.3, -0.25) is 4.68 Å². The number of hydrogen-bond donors (Lipinski definition) is 1. The minimum atomic E-state index is 0.443. The van der Waals surface area contributed by atoms with Crippen LogP contribution in [0.4, 0.5) is 0 Å². The third-order valence-corrected chi connectivity index (χ3v) is 4.28. The molecule has 1 unspecified atom stereocenters. The molecule has 0 radical (unpaired) electrons. The smallest absolute Gasteiger partial charge is 0.0521 e. The summed E-state index contributed by atoms with van der Waals surface area (Å²) in [4.78, 5) is 0. The van der Waals surface area contributed by atoms with Gasteiger partial charge in [-0.15, -0.1) is 0 Å². The summed E-state index contributed by atoms with van der Waals surface area (Å²) in [6, 6.07) is 8.97. The summed E-state index contributed by atoms with van der Waals surface area (Å²) in [6.45, 7) is 4.03. The van der Waals surface area contributed by atoms with Crippen molar-refractivity contribution in [2.45, 2.75) is 44.7 Å². The van der Waals surface area contributed by atoms with Crippen LogP contribution in [0.2, 0.25) is 5.02 Å². The van der Waals surface area contributed by atoms with E-state index in [2.05, 4.69) is 35.7 Å². The summed E-state index contributed by atoms with van der Waals surface area (Å²) in [5.74, 6) is 0.443. The molecule has 1 aliphatic carbocycles. The van der Waals surface area contributed by atoms with E-state index >= 15 is 0 Å². The molecule has 4 heteroatoms. The van der Waals surface area contributed by atoms with Crippen LogP contribution in [0.3, 0.4) is 0 Å². The van der Waals surface area contributed by atoms with Crippen molar-refractivity contribution in [2.24, 2.45) is 0 Å². The fourth-order valence-electron chi connectivity index (χ4n) is 2.63. The minimum Gasteiger partial charge on any atom is -0.313 e. The van der Waals surface area contributed by atoms with Gasteiger partial charge in [0.05, 0.1) is 6.20 Å². The maximum Gasteiger partial charge on any atom is 0.0521 e. The van der Waals surface area contributed by atoms with E-state index in [-0.39, 0.29) is 0 Å². The third-order valence-electron chi connectivity index (χ3n) is 4.04. The number of nitrogens with zero attached hydrogens (tertiary/aromatic N) is 2. The molecule has 0 spiro atoms. The number of halogens is 1. The summed E-state index contributed by atoms with van der Waals surface area (Å²) in [6.07, 6.45) is 7.76. The molecule has 1 saturated carbocycles. The van der Waals surface area contributed by atoms with Crippen LogP contribution in [0.1, 0.15) is 36.8 Å². The van der Waals surface area contributed by atoms with Crippen molar-refractivity contribution in [1.29, 1.82) is 0 Å². The highest BCUT2D eigenvalue weighted by Gasteiger charge is 2.23. The standard InChI is InChI=1S/C17H22ClN3/c1-2-21-12-13(10-20-21)8-15(11-19-17-6-7-17)14-4-3-5-16(18)9-14/h3-5,9-10,12,15,17,19H,2,6-8,11H2,1H3. The van der Waals surface area contributed by atoms with Crippen LogP contribution in [-0.2, 0) is 13.0 Å². The zero-order chi connectivity index (χ0) is 14.7. The van der Waals surface area contributed by atoms with Crippen molar-refractivity contribution < 1.29 is 0 Å². The largest absolute Gasteiger partial charge is 0.313 e. The Labute approximate surface area is 131 Å². The van der Waals surface area contributed by atoms with Gasteiger partial charge in [0.2, 0.25) is 0 Å². The predicted molar refractivity (Wildman–Crippen MR) is 86.8 cm³/mol. The molecule has 0 saturated heterocycles. The number of benzene rings is 1. The third kappa shape index (κ3) is 4.08. The molecule has 0 aliphatic heterocycles. The molecule has 1 aromatic heterocycles. The van der Waals surface area contributed by atoms with Gasteiger partial charge in [0.15, 0.2) is 0 Å². The fraction of sp³-hybridized carbons (Fsp3) is 0.471. The van der Waals surface area contributed by atoms with Crippen molar-refractivity contribution in [3.63, 3.8) is 0 Å². The summed E-state index contributed by atoms with van der Waals surface area (Å²) in [7, 11) is 0. The maximum absolute atomic E-state index is 6.16. The Morgan fingerprint density at radius 1 is 1.43 bits per heavy atom. The van der Waals surface area contributed by atoms with Crippen molar-refractivity contribution >= 4 is 11.6 Å². The van der Waals surface area contributed by atoms with Crippen LogP contribution >= 0.6 is 11.6 Å². The minimum absolute atomic E-state index is 0.443. The first kappa shape index (κ1) is 14.6. The van der Waals surface area contributed by atoms with E-state index in [1.165, 1.54) is 24.0 Å². The fourth-order valence-corrected chi connectivity index (χ4v) is 2.83. The lowest BCUT2D eigenvalue weighted by molar-refractivity contribution is 0.576. The Hall–Kier alpha value is -1.32. The molecule has 3 rings (SSSR count). The van der Waals surface area contributed by atoms with Gasteiger partial charge in [-0.2, -0.15) is 5.10 Å². The number of nitrogens with one attached hydrogen (secondary N) is 1. The molecule has 112 valence electrons. The molecule has 0 bridgehead atoms. The van der Waals surface area contributed by atoms with Gasteiger partial charge in [0.25, 0.3) is 0 Å². The van der Waals surface area contributed by atoms with Gasteiger partial charge in [0.1, 0.15) is 0 Å². The molecular formula is C17H22ClN3. The number of rotatable bonds is 7. The molecule has 2 aromatic rings. The highest BCUT2D eigenvalue weighted by atomic mass is 35.5. The van der Waals surface area contributed by atoms with Crippen molar-refractivity contribution in [3.05, 3.63) is 52.8 Å². The van der Waals surface area contributed by atoms with Crippen LogP contribution in [0.5, 0.6) is 0 Å². The molecule has 1 N–H and O–H groups in total. The van der Waals surface area contributed by atoms with E-state index in [1.807, 2.05) is 23.0 Å². The summed E-state index contributed by atoms with van der Waals surface area (Å²) in [5.41, 5.74) is 2.60. The van der Waals surface area contributed by atoms with E-state index in [9.17, 15) is 0 Å². The highest BCUT2D eigenvalue weighted by molar-refractivity contribution is 6.30. The van der Waals surface area contributed by atoms with Crippen LogP contribution in [0.15, 0.2) is 36.7 Å². The van der Waals surface area contributed by atoms with E-state index < -0.39 is 0 Å². The highest BCUT2D eigenvalue weighted by Crippen LogP contribution is 2.25. The zero-order valence-corrected chi connectivity index (χ0v) is 13.2. The molecule has 1 aromatic carbocycles. The summed E-state index contributed by atoms with van der Waals surface area (Å²) in [5, 5.41) is 8.84. The lowest BCUT2D eigenvalue weighted by Gasteiger charge is -2.18. The zero-order valence-electron chi connectivity index (χ0n) is 12.4. The topological polar surface area (TPSA) is 29.9 Å². The molecule has 3 nitrogen and oxygen atoms in total. The quantitative estimate of drug-likeness (QED) is 0.846. The first-order valence-electron chi connectivity index (χ1n) is 7.74. The number of aryl methyl sites for hydroxylation is 1. The second-order valence-corrected chi connectivity index (χ2v) is 6.28. The van der Waals surface area contributed by atoms with Gasteiger partial charge in [0, 0.05) is 36.3 Å². The molecule has 1 atom stereocenters. The molecule has 1 fully saturated rings. The van der Waals surface area contributed by atoms with Gasteiger partial charge >= 0.3 is 0 Å². The van der Waals surface area contributed by atoms with Crippen LogP contribution in [0, 0.1) is 0 Å². The SMILES string of the molecule is CCn1cc(CC(CNC2CC2)c2cccc(Cl)c2)cn1. The second-order valence-electron chi connectivity index (χ2n) is 5.84. The Morgan fingerprint density at radius 3 is 2.95 bits per heavy atom. The Morgan fingerprint density at radius 2 is 2.29 bits per heavy atom. The molecule has 1 aliphatic rings. The van der Waals surface area contributed by atoms with E-state index in [0.29, 0.717) is 5.92 Å². The lowest BCUT2D eigenvalue weighted by Crippen LogP contribution is -2.24. The second kappa shape index (κ2) is 6.63. The Kier molecular flexibility index (Phi) is 4.61. The monoisotopic (exact) mass is 303 g/mol. The number of hydrogen-bond acceptors (Lipinski definition) is 2. The average molecular weight is 304 g/mol. The van der Waals surface area contributed by atoms with Gasteiger partial charge in [-0.25, -0.2) is 0 Å². The molecule has 0 amide bonds. The first-order valence-corrected chi connectivity index (χ1v) is 8.12. The van der Waals surface area contributed by atoms with Crippen LogP contribution in [-0.4, -0.2) is 22.4 Å². The van der Waals surface area contributed by atoms with Crippen LogP contribution in [0.25, 0.3) is 0 Å². The summed E-state index contributed by atoms with van der Waals surface area (Å²) >= 11 is 6.16. The number of aromatic nitrogens is 2. The average Bonchev–Trinajstić information content (AvgIpc) is 3.21. The van der Waals surface area contributed by atoms with Gasteiger partial charge < -0.3 is 5.32 Å². The van der Waals surface area contributed by atoms with Crippen molar-refractivity contribution in [3.8, 4) is 0 Å². The Bertz CT molecular complexity index is 589. The van der Waals surface area contributed by atoms with Crippen molar-refractivity contribution in [2.75, 3.05) is 6.54 Å². The molecule has 21 heavy (non-hydrogen) atoms. The summed E-state index contributed by atoms with van der Waals surface area (Å²) < 4.78 is 1.98. The van der Waals surface area contributed by atoms with E-state index in [1.54, 1.807) is 0 Å². The Balaban J connectivity index is 1.73. The lowest BCUT2D eigenvalue weighted by atomic mass is 9.93. The molecular weight excluding hydrogens is 282 g/mol.